The van der Waals surface area contributed by atoms with Gasteiger partial charge in [-0.05, 0) is 30.3 Å². The normalized spacial score (nSPS) is 12.4. The summed E-state index contributed by atoms with van der Waals surface area (Å²) in [6, 6.07) is 4.37. The second-order valence-corrected chi connectivity index (χ2v) is 7.43. The number of halogens is 5. The molecule has 0 bridgehead atoms. The Hall–Kier alpha value is -2.89. The molecule has 27 heavy (non-hydrogen) atoms. The van der Waals surface area contributed by atoms with Crippen molar-refractivity contribution in [1.82, 2.24) is 19.7 Å². The van der Waals surface area contributed by atoms with Gasteiger partial charge < -0.3 is 0 Å². The van der Waals surface area contributed by atoms with Crippen LogP contribution in [0, 0.1) is 11.6 Å². The van der Waals surface area contributed by atoms with Crippen molar-refractivity contribution in [2.75, 3.05) is 6.26 Å². The molecule has 12 heteroatoms. The van der Waals surface area contributed by atoms with Crippen LogP contribution in [-0.4, -0.2) is 34.4 Å². The van der Waals surface area contributed by atoms with Crippen molar-refractivity contribution in [3.05, 3.63) is 54.0 Å². The Morgan fingerprint density at radius 2 is 1.78 bits per heavy atom. The lowest BCUT2D eigenvalue weighted by atomic mass is 10.2. The van der Waals surface area contributed by atoms with Crippen molar-refractivity contribution in [2.24, 2.45) is 0 Å². The second-order valence-electron chi connectivity index (χ2n) is 5.42. The molecule has 3 rings (SSSR count). The van der Waals surface area contributed by atoms with Crippen molar-refractivity contribution in [1.29, 1.82) is 0 Å². The molecule has 0 aliphatic heterocycles. The molecule has 0 N–H and O–H groups in total. The summed E-state index contributed by atoms with van der Waals surface area (Å²) < 4.78 is 90.0. The van der Waals surface area contributed by atoms with Gasteiger partial charge in [0.1, 0.15) is 11.6 Å². The molecule has 0 spiro atoms. The number of nitrogens with zero attached hydrogens (tertiary/aromatic N) is 4. The summed E-state index contributed by atoms with van der Waals surface area (Å²) >= 11 is 0. The van der Waals surface area contributed by atoms with Crippen molar-refractivity contribution >= 4 is 9.84 Å². The summed E-state index contributed by atoms with van der Waals surface area (Å²) in [7, 11) is -3.59. The number of pyridine rings is 1. The lowest BCUT2D eigenvalue weighted by Crippen LogP contribution is -2.09. The molecule has 1 aromatic carbocycles. The third-order valence-electron chi connectivity index (χ3n) is 3.40. The highest BCUT2D eigenvalue weighted by Crippen LogP contribution is 2.31. The zero-order valence-electron chi connectivity index (χ0n) is 13.4. The van der Waals surface area contributed by atoms with E-state index in [4.69, 9.17) is 0 Å². The molecule has 2 heterocycles. The minimum absolute atomic E-state index is 0.180. The third kappa shape index (κ3) is 3.79. The van der Waals surface area contributed by atoms with Crippen LogP contribution < -0.4 is 0 Å². The Morgan fingerprint density at radius 1 is 1.07 bits per heavy atom. The van der Waals surface area contributed by atoms with Crippen LogP contribution in [0.1, 0.15) is 5.82 Å². The fourth-order valence-corrected chi connectivity index (χ4v) is 2.71. The number of alkyl halides is 3. The van der Waals surface area contributed by atoms with Crippen molar-refractivity contribution in [3.8, 4) is 17.2 Å². The number of sulfone groups is 1. The molecule has 0 amide bonds. The van der Waals surface area contributed by atoms with E-state index in [1.54, 1.807) is 0 Å². The van der Waals surface area contributed by atoms with Crippen LogP contribution in [0.4, 0.5) is 22.0 Å². The van der Waals surface area contributed by atoms with Crippen LogP contribution in [0.15, 0.2) is 41.4 Å². The Balaban J connectivity index is 2.23. The predicted octanol–water partition coefficient (Wildman–Crippen LogP) is 3.03. The first-order valence-corrected chi connectivity index (χ1v) is 9.02. The van der Waals surface area contributed by atoms with Gasteiger partial charge in [0.15, 0.2) is 21.5 Å². The van der Waals surface area contributed by atoms with E-state index in [1.807, 2.05) is 0 Å². The second kappa shape index (κ2) is 6.37. The highest BCUT2D eigenvalue weighted by molar-refractivity contribution is 7.90. The maximum Gasteiger partial charge on any atom is 0.453 e. The first kappa shape index (κ1) is 18.9. The molecule has 3 aromatic rings. The fourth-order valence-electron chi connectivity index (χ4n) is 2.15. The van der Waals surface area contributed by atoms with E-state index in [9.17, 15) is 30.4 Å². The van der Waals surface area contributed by atoms with Crippen molar-refractivity contribution in [3.63, 3.8) is 0 Å². The van der Waals surface area contributed by atoms with Crippen LogP contribution >= 0.6 is 0 Å². The van der Waals surface area contributed by atoms with Crippen molar-refractivity contribution in [2.45, 2.75) is 11.1 Å². The molecule has 0 unspecified atom stereocenters. The Morgan fingerprint density at radius 3 is 2.33 bits per heavy atom. The standard InChI is InChI=1S/C15H9F5N4O2S/c1-27(25,26)9-3-5-12(21-7-9)24-13(22-14(23-24)15(18,19)20)10-6-8(16)2-4-11(10)17/h2-7H,1H3. The quantitative estimate of drug-likeness (QED) is 0.627. The topological polar surface area (TPSA) is 77.7 Å². The number of hydrogen-bond acceptors (Lipinski definition) is 5. The maximum absolute atomic E-state index is 14.0. The van der Waals surface area contributed by atoms with Gasteiger partial charge in [0.25, 0.3) is 5.82 Å². The minimum Gasteiger partial charge on any atom is -0.236 e. The van der Waals surface area contributed by atoms with Crippen LogP contribution in [0.5, 0.6) is 0 Å². The van der Waals surface area contributed by atoms with E-state index in [1.165, 1.54) is 0 Å². The molecule has 0 radical (unpaired) electrons. The number of aromatic nitrogens is 4. The highest BCUT2D eigenvalue weighted by atomic mass is 32.2. The van der Waals surface area contributed by atoms with Gasteiger partial charge in [-0.1, -0.05) is 0 Å². The lowest BCUT2D eigenvalue weighted by molar-refractivity contribution is -0.144. The molecular weight excluding hydrogens is 395 g/mol. The molecule has 0 atom stereocenters. The minimum atomic E-state index is -4.95. The summed E-state index contributed by atoms with van der Waals surface area (Å²) in [5.41, 5.74) is -0.563. The fraction of sp³-hybridized carbons (Fsp3) is 0.133. The third-order valence-corrected chi connectivity index (χ3v) is 4.49. The van der Waals surface area contributed by atoms with Gasteiger partial charge in [-0.25, -0.2) is 27.2 Å². The SMILES string of the molecule is CS(=O)(=O)c1ccc(-n2nc(C(F)(F)F)nc2-c2cc(F)ccc2F)nc1. The van der Waals surface area contributed by atoms with Crippen molar-refractivity contribution < 1.29 is 30.4 Å². The summed E-state index contributed by atoms with van der Waals surface area (Å²) in [5.74, 6) is -4.40. The molecule has 0 aliphatic rings. The van der Waals surface area contributed by atoms with Gasteiger partial charge in [0, 0.05) is 12.5 Å². The highest BCUT2D eigenvalue weighted by Gasteiger charge is 2.38. The number of rotatable bonds is 3. The zero-order valence-corrected chi connectivity index (χ0v) is 14.2. The smallest absolute Gasteiger partial charge is 0.236 e. The lowest BCUT2D eigenvalue weighted by Gasteiger charge is -2.07. The molecule has 0 aliphatic carbocycles. The van der Waals surface area contributed by atoms with E-state index in [-0.39, 0.29) is 10.7 Å². The first-order chi connectivity index (χ1) is 12.5. The molecule has 2 aromatic heterocycles. The monoisotopic (exact) mass is 404 g/mol. The van der Waals surface area contributed by atoms with Gasteiger partial charge in [-0.3, -0.25) is 0 Å². The average molecular weight is 404 g/mol. The van der Waals surface area contributed by atoms with Gasteiger partial charge in [-0.2, -0.15) is 17.9 Å². The van der Waals surface area contributed by atoms with Gasteiger partial charge in [0.05, 0.1) is 10.5 Å². The molecule has 0 saturated heterocycles. The number of benzene rings is 1. The molecule has 0 fully saturated rings. The molecule has 142 valence electrons. The average Bonchev–Trinajstić information content (AvgIpc) is 3.02. The van der Waals surface area contributed by atoms with Crippen LogP contribution in [0.3, 0.4) is 0 Å². The summed E-state index contributed by atoms with van der Waals surface area (Å²) in [4.78, 5) is 6.83. The molecule has 0 saturated carbocycles. The first-order valence-electron chi connectivity index (χ1n) is 7.13. The number of hydrogen-bond donors (Lipinski definition) is 0. The van der Waals surface area contributed by atoms with E-state index >= 15 is 0 Å². The Bertz CT molecular complexity index is 1110. The van der Waals surface area contributed by atoms with Gasteiger partial charge in [-0.15, -0.1) is 5.10 Å². The van der Waals surface area contributed by atoms with Gasteiger partial charge in [0.2, 0.25) is 0 Å². The van der Waals surface area contributed by atoms with E-state index in [0.717, 1.165) is 36.7 Å². The Labute approximate surface area is 149 Å². The predicted molar refractivity (Wildman–Crippen MR) is 82.6 cm³/mol. The van der Waals surface area contributed by atoms with E-state index < -0.39 is 44.9 Å². The van der Waals surface area contributed by atoms with E-state index in [0.29, 0.717) is 10.7 Å². The van der Waals surface area contributed by atoms with Crippen LogP contribution in [-0.2, 0) is 16.0 Å². The van der Waals surface area contributed by atoms with Crippen LogP contribution in [0.25, 0.3) is 17.2 Å². The molecular formula is C15H9F5N4O2S. The summed E-state index contributed by atoms with van der Waals surface area (Å²) in [5, 5.41) is 3.27. The van der Waals surface area contributed by atoms with E-state index in [2.05, 4.69) is 15.1 Å². The molecule has 6 nitrogen and oxygen atoms in total. The van der Waals surface area contributed by atoms with Crippen LogP contribution in [0.2, 0.25) is 0 Å². The maximum atomic E-state index is 14.0. The zero-order chi connectivity index (χ0) is 20.0. The van der Waals surface area contributed by atoms with Gasteiger partial charge >= 0.3 is 6.18 Å². The summed E-state index contributed by atoms with van der Waals surface area (Å²) in [6.07, 6.45) is -3.11. The largest absolute Gasteiger partial charge is 0.453 e. The Kier molecular flexibility index (Phi) is 4.46. The summed E-state index contributed by atoms with van der Waals surface area (Å²) in [6.45, 7) is 0.